The molecule has 2 heterocycles. The number of H-pyrrole nitrogens is 1. The van der Waals surface area contributed by atoms with Gasteiger partial charge < -0.3 is 9.55 Å². The monoisotopic (exact) mass is 256 g/mol. The first-order chi connectivity index (χ1) is 9.10. The van der Waals surface area contributed by atoms with Crippen molar-refractivity contribution >= 4 is 0 Å². The number of nitrogens with zero attached hydrogens (tertiary/aromatic N) is 1. The third-order valence-electron chi connectivity index (χ3n) is 4.01. The summed E-state index contributed by atoms with van der Waals surface area (Å²) in [5, 5.41) is 0. The van der Waals surface area contributed by atoms with Gasteiger partial charge in [0, 0.05) is 30.6 Å². The molecule has 2 unspecified atom stereocenters. The lowest BCUT2D eigenvalue weighted by Crippen LogP contribution is -2.23. The maximum atomic E-state index is 11.8. The van der Waals surface area contributed by atoms with Gasteiger partial charge in [0.05, 0.1) is 0 Å². The second-order valence-electron chi connectivity index (χ2n) is 5.53. The normalized spacial score (nSPS) is 25.2. The minimum absolute atomic E-state index is 0.000463. The van der Waals surface area contributed by atoms with E-state index in [0.717, 1.165) is 12.0 Å². The van der Waals surface area contributed by atoms with E-state index in [4.69, 9.17) is 0 Å². The Hall–Kier alpha value is -2.10. The Bertz CT molecular complexity index is 716. The Labute approximate surface area is 110 Å². The van der Waals surface area contributed by atoms with Crippen molar-refractivity contribution in [1.82, 2.24) is 9.55 Å². The Balaban J connectivity index is 1.85. The number of hydrogen-bond acceptors (Lipinski definition) is 2. The largest absolute Gasteiger partial charge is 0.329 e. The van der Waals surface area contributed by atoms with Crippen LogP contribution in [0.2, 0.25) is 0 Å². The van der Waals surface area contributed by atoms with Crippen LogP contribution < -0.4 is 11.1 Å². The molecule has 4 heteroatoms. The molecule has 1 N–H and O–H groups in total. The van der Waals surface area contributed by atoms with Crippen LogP contribution in [-0.2, 0) is 6.54 Å². The van der Waals surface area contributed by atoms with Gasteiger partial charge >= 0.3 is 0 Å². The van der Waals surface area contributed by atoms with E-state index in [1.165, 1.54) is 0 Å². The summed E-state index contributed by atoms with van der Waals surface area (Å²) in [4.78, 5) is 26.2. The van der Waals surface area contributed by atoms with E-state index in [1.54, 1.807) is 29.1 Å². The van der Waals surface area contributed by atoms with Gasteiger partial charge in [0.1, 0.15) is 0 Å². The predicted molar refractivity (Wildman–Crippen MR) is 73.2 cm³/mol. The Morgan fingerprint density at radius 3 is 2.89 bits per heavy atom. The van der Waals surface area contributed by atoms with Crippen LogP contribution in [0.3, 0.4) is 0 Å². The van der Waals surface area contributed by atoms with E-state index in [1.807, 2.05) is 18.2 Å². The summed E-state index contributed by atoms with van der Waals surface area (Å²) in [5.74, 6) is 0.240. The van der Waals surface area contributed by atoms with Crippen molar-refractivity contribution < 1.29 is 0 Å². The second-order valence-corrected chi connectivity index (χ2v) is 5.53. The predicted octanol–water partition coefficient (Wildman–Crippen LogP) is 1.73. The van der Waals surface area contributed by atoms with Gasteiger partial charge in [0.25, 0.3) is 11.1 Å². The quantitative estimate of drug-likeness (QED) is 0.909. The van der Waals surface area contributed by atoms with Crippen molar-refractivity contribution in [2.75, 3.05) is 0 Å². The number of hydrogen-bond donors (Lipinski definition) is 1. The molecule has 0 bridgehead atoms. The number of aromatic amines is 1. The number of nitrogens with one attached hydrogen (secondary N) is 1. The minimum Gasteiger partial charge on any atom is -0.329 e. The summed E-state index contributed by atoms with van der Waals surface area (Å²) in [6.45, 7) is 2.79. The first kappa shape index (κ1) is 12.0. The highest BCUT2D eigenvalue weighted by Crippen LogP contribution is 2.58. The van der Waals surface area contributed by atoms with Gasteiger partial charge in [-0.05, 0) is 29.9 Å². The Morgan fingerprint density at radius 2 is 2.16 bits per heavy atom. The van der Waals surface area contributed by atoms with Crippen molar-refractivity contribution in [2.24, 2.45) is 5.41 Å². The fourth-order valence-electron chi connectivity index (χ4n) is 2.76. The molecule has 2 aromatic heterocycles. The molecule has 98 valence electrons. The van der Waals surface area contributed by atoms with E-state index in [-0.39, 0.29) is 22.5 Å². The molecule has 2 aromatic rings. The van der Waals surface area contributed by atoms with Crippen LogP contribution in [0.15, 0.2) is 52.3 Å². The molecule has 0 radical (unpaired) electrons. The summed E-state index contributed by atoms with van der Waals surface area (Å²) in [6, 6.07) is 8.90. The van der Waals surface area contributed by atoms with E-state index in [9.17, 15) is 9.59 Å². The van der Waals surface area contributed by atoms with Crippen LogP contribution in [0.1, 0.15) is 24.8 Å². The molecule has 1 aliphatic carbocycles. The van der Waals surface area contributed by atoms with E-state index < -0.39 is 0 Å². The molecule has 0 amide bonds. The third-order valence-corrected chi connectivity index (χ3v) is 4.01. The molecule has 0 aromatic carbocycles. The zero-order chi connectivity index (χ0) is 13.5. The maximum Gasteiger partial charge on any atom is 0.251 e. The summed E-state index contributed by atoms with van der Waals surface area (Å²) in [5.41, 5.74) is 0.821. The van der Waals surface area contributed by atoms with Crippen LogP contribution in [-0.4, -0.2) is 9.55 Å². The lowest BCUT2D eigenvalue weighted by Gasteiger charge is -2.13. The fraction of sp³-hybridized carbons (Fsp3) is 0.333. The maximum absolute atomic E-state index is 11.8. The molecule has 4 nitrogen and oxygen atoms in total. The summed E-state index contributed by atoms with van der Waals surface area (Å²) in [6.07, 6.45) is 4.40. The summed E-state index contributed by atoms with van der Waals surface area (Å²) in [7, 11) is 0. The minimum atomic E-state index is -0.0170. The van der Waals surface area contributed by atoms with Crippen LogP contribution in [0.25, 0.3) is 0 Å². The summed E-state index contributed by atoms with van der Waals surface area (Å²) < 4.78 is 1.72. The number of pyridine rings is 2. The molecule has 1 saturated carbocycles. The zero-order valence-corrected chi connectivity index (χ0v) is 10.8. The van der Waals surface area contributed by atoms with Crippen molar-refractivity contribution in [3.8, 4) is 0 Å². The van der Waals surface area contributed by atoms with Gasteiger partial charge in [0.15, 0.2) is 0 Å². The highest BCUT2D eigenvalue weighted by atomic mass is 16.1. The molecule has 1 aliphatic rings. The lowest BCUT2D eigenvalue weighted by atomic mass is 10.0. The Morgan fingerprint density at radius 1 is 1.32 bits per heavy atom. The summed E-state index contributed by atoms with van der Waals surface area (Å²) >= 11 is 0. The van der Waals surface area contributed by atoms with Gasteiger partial charge in [-0.1, -0.05) is 19.1 Å². The number of rotatable bonds is 3. The van der Waals surface area contributed by atoms with Gasteiger partial charge in [-0.2, -0.15) is 0 Å². The topological polar surface area (TPSA) is 54.9 Å². The molecule has 19 heavy (non-hydrogen) atoms. The van der Waals surface area contributed by atoms with Crippen LogP contribution in [0, 0.1) is 5.41 Å². The van der Waals surface area contributed by atoms with Crippen LogP contribution >= 0.6 is 0 Å². The smallest absolute Gasteiger partial charge is 0.251 e. The average molecular weight is 256 g/mol. The van der Waals surface area contributed by atoms with E-state index >= 15 is 0 Å². The van der Waals surface area contributed by atoms with Crippen molar-refractivity contribution in [2.45, 2.75) is 25.8 Å². The van der Waals surface area contributed by atoms with Gasteiger partial charge in [0.2, 0.25) is 0 Å². The number of aromatic nitrogens is 2. The SMILES string of the molecule is CC1(Cn2ccccc2=O)CC1c1ccc[nH]c1=O. The van der Waals surface area contributed by atoms with E-state index in [2.05, 4.69) is 11.9 Å². The highest BCUT2D eigenvalue weighted by molar-refractivity contribution is 5.26. The second kappa shape index (κ2) is 4.23. The lowest BCUT2D eigenvalue weighted by molar-refractivity contribution is 0.439. The van der Waals surface area contributed by atoms with Gasteiger partial charge in [-0.25, -0.2) is 0 Å². The molecular formula is C15H16N2O2. The van der Waals surface area contributed by atoms with Gasteiger partial charge in [-0.15, -0.1) is 0 Å². The van der Waals surface area contributed by atoms with Crippen molar-refractivity contribution in [3.05, 3.63) is 69.0 Å². The third kappa shape index (κ3) is 2.14. The molecule has 1 fully saturated rings. The standard InChI is InChI=1S/C15H16N2O2/c1-15(10-17-8-3-2-6-13(17)18)9-12(15)11-5-4-7-16-14(11)19/h2-8,12H,9-10H2,1H3,(H,16,19). The molecule has 0 aliphatic heterocycles. The molecule has 0 saturated heterocycles. The first-order valence-electron chi connectivity index (χ1n) is 6.43. The van der Waals surface area contributed by atoms with Gasteiger partial charge in [-0.3, -0.25) is 9.59 Å². The zero-order valence-electron chi connectivity index (χ0n) is 10.8. The van der Waals surface area contributed by atoms with Crippen molar-refractivity contribution in [3.63, 3.8) is 0 Å². The Kier molecular flexibility index (Phi) is 2.66. The average Bonchev–Trinajstić information content (AvgIpc) is 3.05. The van der Waals surface area contributed by atoms with Crippen LogP contribution in [0.5, 0.6) is 0 Å². The highest BCUT2D eigenvalue weighted by Gasteiger charge is 2.51. The van der Waals surface area contributed by atoms with Crippen LogP contribution in [0.4, 0.5) is 0 Å². The first-order valence-corrected chi connectivity index (χ1v) is 6.43. The molecule has 2 atom stereocenters. The molecule has 0 spiro atoms. The molecular weight excluding hydrogens is 240 g/mol. The molecule has 3 rings (SSSR count). The van der Waals surface area contributed by atoms with E-state index in [0.29, 0.717) is 6.54 Å². The fourth-order valence-corrected chi connectivity index (χ4v) is 2.76. The van der Waals surface area contributed by atoms with Crippen molar-refractivity contribution in [1.29, 1.82) is 0 Å².